The molecule has 17 heavy (non-hydrogen) atoms. The summed E-state index contributed by atoms with van der Waals surface area (Å²) in [5.74, 6) is -0.706. The number of halogens is 1. The van der Waals surface area contributed by atoms with Crippen LogP contribution in [-0.2, 0) is 9.53 Å². The molecule has 4 nitrogen and oxygen atoms in total. The van der Waals surface area contributed by atoms with Gasteiger partial charge in [0.05, 0.1) is 0 Å². The number of hydrogen-bond donors (Lipinski definition) is 1. The highest BCUT2D eigenvalue weighted by Gasteiger charge is 2.19. The van der Waals surface area contributed by atoms with E-state index in [4.69, 9.17) is 21.4 Å². The molecule has 0 aliphatic heterocycles. The third-order valence-electron chi connectivity index (χ3n) is 1.89. The fourth-order valence-electron chi connectivity index (χ4n) is 1.14. The summed E-state index contributed by atoms with van der Waals surface area (Å²) in [6.45, 7) is 5.16. The smallest absolute Gasteiger partial charge is 0.341 e. The zero-order chi connectivity index (χ0) is 12.8. The summed E-state index contributed by atoms with van der Waals surface area (Å²) in [7, 11) is 0. The number of aliphatic imine (C=N–C) groups is 1. The Morgan fingerprint density at radius 3 is 2.94 bits per heavy atom. The number of nitrogens with zero attached hydrogens (tertiary/aromatic N) is 1. The average Bonchev–Trinajstić information content (AvgIpc) is 2.29. The van der Waals surface area contributed by atoms with Crippen LogP contribution in [0.5, 0.6) is 0 Å². The van der Waals surface area contributed by atoms with Crippen molar-refractivity contribution in [1.29, 1.82) is 0 Å². The van der Waals surface area contributed by atoms with Crippen molar-refractivity contribution in [2.45, 2.75) is 6.92 Å². The fourth-order valence-corrected chi connectivity index (χ4v) is 1.29. The molecule has 0 aromatic rings. The molecular weight excluding hydrogens is 242 g/mol. The minimum absolute atomic E-state index is 0.347. The van der Waals surface area contributed by atoms with E-state index >= 15 is 0 Å². The molecule has 0 amide bonds. The third kappa shape index (κ3) is 3.60. The minimum atomic E-state index is -1.05. The van der Waals surface area contributed by atoms with E-state index in [9.17, 15) is 4.79 Å². The highest BCUT2D eigenvalue weighted by molar-refractivity contribution is 6.38. The standard InChI is InChI=1S/C12H12ClNO3/c1-3-6-14-12-8(2)9(13)4-5-10(12)17-7-11(15)16/h3-6H,2,7H2,1H3,(H,15,16)/b6-3-,14-12?. The number of carbonyl (C=O) groups is 1. The Morgan fingerprint density at radius 1 is 1.65 bits per heavy atom. The molecule has 0 spiro atoms. The van der Waals surface area contributed by atoms with Gasteiger partial charge in [0.2, 0.25) is 0 Å². The monoisotopic (exact) mass is 253 g/mol. The molecule has 0 radical (unpaired) electrons. The van der Waals surface area contributed by atoms with Crippen LogP contribution in [0.3, 0.4) is 0 Å². The number of aliphatic carboxylic acids is 1. The molecule has 0 atom stereocenters. The first kappa shape index (κ1) is 13.3. The summed E-state index contributed by atoms with van der Waals surface area (Å²) in [5.41, 5.74) is 0.949. The van der Waals surface area contributed by atoms with Crippen LogP contribution in [0.1, 0.15) is 6.92 Å². The van der Waals surface area contributed by atoms with E-state index in [1.165, 1.54) is 0 Å². The van der Waals surface area contributed by atoms with Gasteiger partial charge in [0.25, 0.3) is 0 Å². The van der Waals surface area contributed by atoms with E-state index in [-0.39, 0.29) is 0 Å². The molecule has 1 N–H and O–H groups in total. The lowest BCUT2D eigenvalue weighted by atomic mass is 10.1. The number of hydrogen-bond acceptors (Lipinski definition) is 3. The van der Waals surface area contributed by atoms with E-state index < -0.39 is 12.6 Å². The predicted octanol–water partition coefficient (Wildman–Crippen LogP) is 2.64. The van der Waals surface area contributed by atoms with Gasteiger partial charge in [-0.2, -0.15) is 0 Å². The maximum atomic E-state index is 10.4. The molecule has 90 valence electrons. The minimum Gasteiger partial charge on any atom is -0.480 e. The molecule has 0 aromatic carbocycles. The molecular formula is C12H12ClNO3. The first-order valence-electron chi connectivity index (χ1n) is 4.87. The topological polar surface area (TPSA) is 58.9 Å². The lowest BCUT2D eigenvalue weighted by molar-refractivity contribution is -0.140. The number of rotatable bonds is 4. The van der Waals surface area contributed by atoms with Crippen molar-refractivity contribution >= 4 is 23.3 Å². The molecule has 0 aromatic heterocycles. The number of carboxylic acids is 1. The molecule has 0 fully saturated rings. The summed E-state index contributed by atoms with van der Waals surface area (Å²) in [6.07, 6.45) is 6.47. The largest absolute Gasteiger partial charge is 0.480 e. The first-order valence-corrected chi connectivity index (χ1v) is 5.25. The zero-order valence-corrected chi connectivity index (χ0v) is 10.1. The first-order chi connectivity index (χ1) is 8.06. The van der Waals surface area contributed by atoms with Crippen molar-refractivity contribution in [1.82, 2.24) is 0 Å². The van der Waals surface area contributed by atoms with Crippen LogP contribution in [0.15, 0.2) is 52.4 Å². The van der Waals surface area contributed by atoms with E-state index in [1.807, 2.05) is 6.92 Å². The van der Waals surface area contributed by atoms with E-state index in [1.54, 1.807) is 24.4 Å². The van der Waals surface area contributed by atoms with Crippen LogP contribution in [0.4, 0.5) is 0 Å². The maximum Gasteiger partial charge on any atom is 0.341 e. The van der Waals surface area contributed by atoms with Gasteiger partial charge < -0.3 is 9.84 Å². The Balaban J connectivity index is 2.97. The van der Waals surface area contributed by atoms with Gasteiger partial charge in [-0.25, -0.2) is 4.79 Å². The van der Waals surface area contributed by atoms with Crippen molar-refractivity contribution in [3.05, 3.63) is 47.4 Å². The van der Waals surface area contributed by atoms with Crippen molar-refractivity contribution in [3.8, 4) is 0 Å². The summed E-state index contributed by atoms with van der Waals surface area (Å²) in [4.78, 5) is 14.6. The Morgan fingerprint density at radius 2 is 2.35 bits per heavy atom. The fraction of sp³-hybridized carbons (Fsp3) is 0.167. The van der Waals surface area contributed by atoms with E-state index in [0.717, 1.165) is 0 Å². The Labute approximate surface area is 104 Å². The molecule has 5 heteroatoms. The van der Waals surface area contributed by atoms with E-state index in [2.05, 4.69) is 11.6 Å². The SMILES string of the molecule is C=C1C(Cl)=CC=C(OCC(=O)O)C1=N/C=C\C. The van der Waals surface area contributed by atoms with Gasteiger partial charge in [0.15, 0.2) is 6.61 Å². The van der Waals surface area contributed by atoms with E-state index in [0.29, 0.717) is 22.1 Å². The highest BCUT2D eigenvalue weighted by Crippen LogP contribution is 2.24. The number of carboxylic acid groups (broad SMARTS) is 1. The quantitative estimate of drug-likeness (QED) is 0.838. The van der Waals surface area contributed by atoms with Crippen molar-refractivity contribution in [2.24, 2.45) is 4.99 Å². The Kier molecular flexibility index (Phi) is 4.72. The van der Waals surface area contributed by atoms with Crippen molar-refractivity contribution in [3.63, 3.8) is 0 Å². The summed E-state index contributed by atoms with van der Waals surface area (Å²) < 4.78 is 5.11. The highest BCUT2D eigenvalue weighted by atomic mass is 35.5. The molecule has 1 rings (SSSR count). The molecule has 0 unspecified atom stereocenters. The van der Waals surface area contributed by atoms with Crippen LogP contribution >= 0.6 is 11.6 Å². The Hall–Kier alpha value is -1.81. The lowest BCUT2D eigenvalue weighted by Crippen LogP contribution is -2.16. The van der Waals surface area contributed by atoms with Crippen molar-refractivity contribution < 1.29 is 14.6 Å². The molecule has 1 aliphatic carbocycles. The zero-order valence-electron chi connectivity index (χ0n) is 9.31. The molecule has 0 saturated carbocycles. The third-order valence-corrected chi connectivity index (χ3v) is 2.25. The van der Waals surface area contributed by atoms with Crippen LogP contribution in [0.25, 0.3) is 0 Å². The van der Waals surface area contributed by atoms with Crippen LogP contribution < -0.4 is 0 Å². The van der Waals surface area contributed by atoms with Gasteiger partial charge in [-0.15, -0.1) is 0 Å². The molecule has 0 heterocycles. The predicted molar refractivity (Wildman–Crippen MR) is 67.0 cm³/mol. The second-order valence-corrected chi connectivity index (χ2v) is 3.57. The summed E-state index contributed by atoms with van der Waals surface area (Å²) in [5, 5.41) is 9.01. The summed E-state index contributed by atoms with van der Waals surface area (Å²) in [6, 6.07) is 0. The van der Waals surface area contributed by atoms with Gasteiger partial charge in [0.1, 0.15) is 11.5 Å². The van der Waals surface area contributed by atoms with Crippen LogP contribution in [-0.4, -0.2) is 23.4 Å². The van der Waals surface area contributed by atoms with Crippen LogP contribution in [0, 0.1) is 0 Å². The molecule has 1 aliphatic rings. The van der Waals surface area contributed by atoms with Crippen molar-refractivity contribution in [2.75, 3.05) is 6.61 Å². The van der Waals surface area contributed by atoms with Crippen LogP contribution in [0.2, 0.25) is 0 Å². The van der Waals surface area contributed by atoms with Gasteiger partial charge in [0, 0.05) is 16.8 Å². The average molecular weight is 254 g/mol. The van der Waals surface area contributed by atoms with Gasteiger partial charge in [-0.05, 0) is 19.1 Å². The summed E-state index contributed by atoms with van der Waals surface area (Å²) >= 11 is 5.91. The Bertz CT molecular complexity index is 458. The molecule has 0 saturated heterocycles. The number of ether oxygens (including phenoxy) is 1. The van der Waals surface area contributed by atoms with Gasteiger partial charge in [-0.1, -0.05) is 24.3 Å². The van der Waals surface area contributed by atoms with Gasteiger partial charge >= 0.3 is 5.97 Å². The second-order valence-electron chi connectivity index (χ2n) is 3.17. The second kappa shape index (κ2) is 6.06. The number of allylic oxidation sites excluding steroid dienone is 5. The maximum absolute atomic E-state index is 10.4. The molecule has 0 bridgehead atoms. The lowest BCUT2D eigenvalue weighted by Gasteiger charge is -2.16. The van der Waals surface area contributed by atoms with Gasteiger partial charge in [-0.3, -0.25) is 4.99 Å². The normalized spacial score (nSPS) is 18.2.